The Morgan fingerprint density at radius 3 is 3.17 bits per heavy atom. The molecule has 0 atom stereocenters. The Kier molecular flexibility index (Phi) is 1.51. The summed E-state index contributed by atoms with van der Waals surface area (Å²) < 4.78 is 5.43. The quantitative estimate of drug-likeness (QED) is 0.617. The first-order valence-corrected chi connectivity index (χ1v) is 3.96. The number of nitrogens with zero attached hydrogens (tertiary/aromatic N) is 1. The lowest BCUT2D eigenvalue weighted by molar-refractivity contribution is 0.111. The van der Waals surface area contributed by atoms with Crippen LogP contribution in [-0.4, -0.2) is 11.3 Å². The van der Waals surface area contributed by atoms with Crippen LogP contribution in [0.1, 0.15) is 10.5 Å². The van der Waals surface area contributed by atoms with Gasteiger partial charge in [-0.15, -0.1) is 0 Å². The predicted octanol–water partition coefficient (Wildman–Crippen LogP) is 1.06. The van der Waals surface area contributed by atoms with E-state index in [9.17, 15) is 9.59 Å². The van der Waals surface area contributed by atoms with Crippen molar-refractivity contribution in [3.8, 4) is 0 Å². The molecule has 0 saturated heterocycles. The van der Waals surface area contributed by atoms with E-state index in [4.69, 9.17) is 4.42 Å². The number of carbonyl (C=O) groups excluding carboxylic acids is 1. The lowest BCUT2D eigenvalue weighted by Crippen LogP contribution is -1.83. The van der Waals surface area contributed by atoms with Crippen molar-refractivity contribution < 1.29 is 9.21 Å². The molecule has 0 aliphatic heterocycles. The highest BCUT2D eigenvalue weighted by Crippen LogP contribution is 2.15. The zero-order valence-electron chi connectivity index (χ0n) is 5.81. The van der Waals surface area contributed by atoms with Gasteiger partial charge in [0.25, 0.3) is 0 Å². The van der Waals surface area contributed by atoms with Gasteiger partial charge in [-0.25, -0.2) is 4.79 Å². The van der Waals surface area contributed by atoms with Gasteiger partial charge in [0.15, 0.2) is 11.9 Å². The monoisotopic (exact) mass is 181 g/mol. The number of fused-ring (bicyclic) bond motifs is 1. The Labute approximate surface area is 70.5 Å². The summed E-state index contributed by atoms with van der Waals surface area (Å²) in [5.74, 6) is 0. The molecular weight excluding hydrogens is 178 g/mol. The van der Waals surface area contributed by atoms with Gasteiger partial charge >= 0.3 is 4.94 Å². The average molecular weight is 181 g/mol. The summed E-state index contributed by atoms with van der Waals surface area (Å²) in [7, 11) is 0. The van der Waals surface area contributed by atoms with Crippen LogP contribution in [0.2, 0.25) is 0 Å². The molecule has 2 aromatic rings. The molecule has 0 spiro atoms. The van der Waals surface area contributed by atoms with Gasteiger partial charge in [-0.3, -0.25) is 9.78 Å². The molecule has 2 rings (SSSR count). The van der Waals surface area contributed by atoms with Crippen LogP contribution < -0.4 is 4.94 Å². The minimum absolute atomic E-state index is 0.268. The fraction of sp³-hybridized carbons (Fsp3) is 0. The highest BCUT2D eigenvalue weighted by molar-refractivity contribution is 7.16. The highest BCUT2D eigenvalue weighted by atomic mass is 32.1. The van der Waals surface area contributed by atoms with E-state index in [0.717, 1.165) is 11.3 Å². The number of pyridine rings is 1. The van der Waals surface area contributed by atoms with E-state index in [1.54, 1.807) is 0 Å². The van der Waals surface area contributed by atoms with Crippen molar-refractivity contribution in [3.63, 3.8) is 0 Å². The number of hydrogen-bond donors (Lipinski definition) is 0. The number of aldehydes is 1. The van der Waals surface area contributed by atoms with E-state index in [-0.39, 0.29) is 10.6 Å². The topological polar surface area (TPSA) is 60.2 Å². The molecule has 0 radical (unpaired) electrons. The van der Waals surface area contributed by atoms with Crippen LogP contribution in [0.25, 0.3) is 10.3 Å². The van der Waals surface area contributed by atoms with Crippen LogP contribution >= 0.6 is 11.3 Å². The molecule has 12 heavy (non-hydrogen) atoms. The maximum absolute atomic E-state index is 10.7. The van der Waals surface area contributed by atoms with Gasteiger partial charge in [0.05, 0.1) is 4.70 Å². The van der Waals surface area contributed by atoms with Crippen molar-refractivity contribution in [3.05, 3.63) is 27.7 Å². The first-order valence-electron chi connectivity index (χ1n) is 3.14. The molecule has 0 aromatic carbocycles. The van der Waals surface area contributed by atoms with Gasteiger partial charge in [-0.2, -0.15) is 0 Å². The van der Waals surface area contributed by atoms with Crippen LogP contribution in [0.5, 0.6) is 0 Å². The molecule has 0 bridgehead atoms. The second-order valence-electron chi connectivity index (χ2n) is 2.13. The lowest BCUT2D eigenvalue weighted by atomic mass is 10.4. The van der Waals surface area contributed by atoms with Crippen molar-refractivity contribution in [2.24, 2.45) is 0 Å². The molecule has 0 aliphatic rings. The number of aromatic nitrogens is 1. The standard InChI is InChI=1S/C7H3NO3S/c9-3-4-1-5-6(2-8-4)12-7(10)11-5/h1-3H. The van der Waals surface area contributed by atoms with Crippen molar-refractivity contribution in [2.45, 2.75) is 0 Å². The van der Waals surface area contributed by atoms with Gasteiger partial charge in [-0.05, 0) is 0 Å². The Morgan fingerprint density at radius 2 is 2.42 bits per heavy atom. The summed E-state index contributed by atoms with van der Waals surface area (Å²) in [6, 6.07) is 1.44. The van der Waals surface area contributed by atoms with Crippen molar-refractivity contribution in [1.29, 1.82) is 0 Å². The van der Waals surface area contributed by atoms with Gasteiger partial charge in [0.1, 0.15) is 5.69 Å². The molecule has 0 fully saturated rings. The largest absolute Gasteiger partial charge is 0.414 e. The van der Waals surface area contributed by atoms with E-state index in [0.29, 0.717) is 16.6 Å². The second-order valence-corrected chi connectivity index (χ2v) is 3.11. The molecule has 0 aliphatic carbocycles. The maximum atomic E-state index is 10.7. The predicted molar refractivity (Wildman–Crippen MR) is 43.5 cm³/mol. The second kappa shape index (κ2) is 2.53. The zero-order chi connectivity index (χ0) is 8.55. The zero-order valence-corrected chi connectivity index (χ0v) is 6.63. The molecule has 60 valence electrons. The fourth-order valence-electron chi connectivity index (χ4n) is 0.861. The Bertz CT molecular complexity index is 485. The number of hydrogen-bond acceptors (Lipinski definition) is 5. The summed E-state index contributed by atoms with van der Waals surface area (Å²) >= 11 is 0.971. The van der Waals surface area contributed by atoms with E-state index in [1.165, 1.54) is 12.3 Å². The van der Waals surface area contributed by atoms with Crippen LogP contribution in [0.3, 0.4) is 0 Å². The molecule has 0 unspecified atom stereocenters. The smallest absolute Gasteiger partial charge is 0.396 e. The van der Waals surface area contributed by atoms with Gasteiger partial charge < -0.3 is 4.42 Å². The summed E-state index contributed by atoms with van der Waals surface area (Å²) in [6.45, 7) is 0. The third-order valence-electron chi connectivity index (χ3n) is 1.36. The minimum Gasteiger partial charge on any atom is -0.414 e. The Morgan fingerprint density at radius 1 is 1.58 bits per heavy atom. The van der Waals surface area contributed by atoms with E-state index >= 15 is 0 Å². The molecule has 0 saturated carbocycles. The van der Waals surface area contributed by atoms with Crippen molar-refractivity contribution in [2.75, 3.05) is 0 Å². The van der Waals surface area contributed by atoms with E-state index in [2.05, 4.69) is 4.98 Å². The van der Waals surface area contributed by atoms with Crippen LogP contribution in [0.15, 0.2) is 21.5 Å². The molecule has 5 heteroatoms. The average Bonchev–Trinajstić information content (AvgIpc) is 2.43. The van der Waals surface area contributed by atoms with E-state index < -0.39 is 0 Å². The number of carbonyl (C=O) groups is 1. The third kappa shape index (κ3) is 1.04. The van der Waals surface area contributed by atoms with Gasteiger partial charge in [0, 0.05) is 12.3 Å². The summed E-state index contributed by atoms with van der Waals surface area (Å²) in [5.41, 5.74) is 0.686. The molecule has 2 aromatic heterocycles. The molecule has 0 amide bonds. The Balaban J connectivity index is 2.82. The van der Waals surface area contributed by atoms with E-state index in [1.807, 2.05) is 0 Å². The first kappa shape index (κ1) is 7.17. The summed E-state index contributed by atoms with van der Waals surface area (Å²) in [4.78, 5) is 24.4. The van der Waals surface area contributed by atoms with Gasteiger partial charge in [-0.1, -0.05) is 11.3 Å². The third-order valence-corrected chi connectivity index (χ3v) is 2.14. The molecular formula is C7H3NO3S. The minimum atomic E-state index is -0.380. The van der Waals surface area contributed by atoms with Crippen molar-refractivity contribution in [1.82, 2.24) is 4.98 Å². The van der Waals surface area contributed by atoms with Crippen LogP contribution in [0.4, 0.5) is 0 Å². The molecule has 4 nitrogen and oxygen atoms in total. The SMILES string of the molecule is O=Cc1cc2oc(=O)sc2cn1. The first-order chi connectivity index (χ1) is 5.79. The summed E-state index contributed by atoms with van der Waals surface area (Å²) in [6.07, 6.45) is 2.06. The number of rotatable bonds is 1. The fourth-order valence-corrected chi connectivity index (χ4v) is 1.48. The normalized spacial score (nSPS) is 10.3. The highest BCUT2D eigenvalue weighted by Gasteiger charge is 2.02. The molecule has 2 heterocycles. The summed E-state index contributed by atoms with van der Waals surface area (Å²) in [5, 5.41) is 0. The Hall–Kier alpha value is -1.49. The van der Waals surface area contributed by atoms with Crippen LogP contribution in [-0.2, 0) is 0 Å². The maximum Gasteiger partial charge on any atom is 0.396 e. The van der Waals surface area contributed by atoms with Crippen LogP contribution in [0, 0.1) is 0 Å². The van der Waals surface area contributed by atoms with Gasteiger partial charge in [0.2, 0.25) is 0 Å². The molecule has 0 N–H and O–H groups in total. The van der Waals surface area contributed by atoms with Crippen molar-refractivity contribution >= 4 is 27.9 Å². The lowest BCUT2D eigenvalue weighted by Gasteiger charge is -1.86.